The Hall–Kier alpha value is -0.0500. The molecule has 1 heterocycles. The van der Waals surface area contributed by atoms with Crippen molar-refractivity contribution in [1.29, 1.82) is 0 Å². The summed E-state index contributed by atoms with van der Waals surface area (Å²) in [6, 6.07) is 0. The highest BCUT2D eigenvalue weighted by Gasteiger charge is 2.22. The van der Waals surface area contributed by atoms with Gasteiger partial charge in [0.1, 0.15) is 0 Å². The second-order valence-electron chi connectivity index (χ2n) is 2.84. The largest absolute Gasteiger partial charge is 0.465 e. The van der Waals surface area contributed by atoms with Gasteiger partial charge in [-0.2, -0.15) is 0 Å². The van der Waals surface area contributed by atoms with Crippen molar-refractivity contribution in [2.45, 2.75) is 25.7 Å². The van der Waals surface area contributed by atoms with Crippen molar-refractivity contribution < 1.29 is 9.53 Å². The molecule has 1 aliphatic rings. The van der Waals surface area contributed by atoms with Gasteiger partial charge >= 0.3 is 5.97 Å². The minimum atomic E-state index is 0.0113. The average molecular weight is 221 g/mol. The minimum Gasteiger partial charge on any atom is -0.465 e. The molecule has 3 heteroatoms. The van der Waals surface area contributed by atoms with Crippen LogP contribution in [0.4, 0.5) is 0 Å². The monoisotopic (exact) mass is 220 g/mol. The fraction of sp³-hybridized carbons (Fsp3) is 0.875. The highest BCUT2D eigenvalue weighted by molar-refractivity contribution is 9.09. The first kappa shape index (κ1) is 9.04. The van der Waals surface area contributed by atoms with Gasteiger partial charge < -0.3 is 4.74 Å². The van der Waals surface area contributed by atoms with Crippen molar-refractivity contribution in [2.75, 3.05) is 11.9 Å². The molecule has 0 aromatic heterocycles. The summed E-state index contributed by atoms with van der Waals surface area (Å²) < 4.78 is 4.93. The van der Waals surface area contributed by atoms with Crippen molar-refractivity contribution in [3.05, 3.63) is 0 Å². The summed E-state index contributed by atoms with van der Waals surface area (Å²) in [5.74, 6) is 0.193. The molecule has 11 heavy (non-hydrogen) atoms. The second-order valence-corrected chi connectivity index (χ2v) is 3.63. The maximum Gasteiger partial charge on any atom is 0.308 e. The van der Waals surface area contributed by atoms with Gasteiger partial charge in [-0.3, -0.25) is 4.79 Å². The van der Waals surface area contributed by atoms with E-state index in [1.165, 1.54) is 0 Å². The number of carbonyl (C=O) groups is 1. The summed E-state index contributed by atoms with van der Waals surface area (Å²) in [7, 11) is 0. The topological polar surface area (TPSA) is 26.3 Å². The Morgan fingerprint density at radius 2 is 2.45 bits per heavy atom. The number of alkyl halides is 1. The fourth-order valence-electron chi connectivity index (χ4n) is 1.32. The third-order valence-corrected chi connectivity index (χ3v) is 2.52. The van der Waals surface area contributed by atoms with Crippen molar-refractivity contribution in [2.24, 2.45) is 5.92 Å². The molecule has 1 atom stereocenters. The lowest BCUT2D eigenvalue weighted by atomic mass is 9.97. The highest BCUT2D eigenvalue weighted by atomic mass is 79.9. The van der Waals surface area contributed by atoms with Crippen LogP contribution in [0.1, 0.15) is 25.7 Å². The molecule has 0 aromatic rings. The van der Waals surface area contributed by atoms with Crippen molar-refractivity contribution in [3.63, 3.8) is 0 Å². The molecule has 64 valence electrons. The van der Waals surface area contributed by atoms with Gasteiger partial charge in [-0.1, -0.05) is 15.9 Å². The lowest BCUT2D eigenvalue weighted by Crippen LogP contribution is -2.23. The van der Waals surface area contributed by atoms with E-state index < -0.39 is 0 Å². The van der Waals surface area contributed by atoms with E-state index in [0.717, 1.165) is 31.0 Å². The third kappa shape index (κ3) is 2.81. The van der Waals surface area contributed by atoms with Crippen LogP contribution < -0.4 is 0 Å². The van der Waals surface area contributed by atoms with Gasteiger partial charge in [-0.15, -0.1) is 0 Å². The summed E-state index contributed by atoms with van der Waals surface area (Å²) in [5.41, 5.74) is 0. The van der Waals surface area contributed by atoms with Gasteiger partial charge in [0.15, 0.2) is 0 Å². The summed E-state index contributed by atoms with van der Waals surface area (Å²) in [6.07, 6.45) is 4.11. The lowest BCUT2D eigenvalue weighted by Gasteiger charge is -2.20. The van der Waals surface area contributed by atoms with E-state index >= 15 is 0 Å². The van der Waals surface area contributed by atoms with Crippen LogP contribution in [-0.4, -0.2) is 17.9 Å². The Morgan fingerprint density at radius 3 is 3.09 bits per heavy atom. The molecule has 2 nitrogen and oxygen atoms in total. The van der Waals surface area contributed by atoms with Gasteiger partial charge in [0.05, 0.1) is 12.5 Å². The van der Waals surface area contributed by atoms with Gasteiger partial charge in [0.2, 0.25) is 0 Å². The first-order chi connectivity index (χ1) is 5.34. The Morgan fingerprint density at radius 1 is 1.64 bits per heavy atom. The quantitative estimate of drug-likeness (QED) is 0.539. The SMILES string of the molecule is O=C1OCCCC1CCCBr. The van der Waals surface area contributed by atoms with E-state index in [9.17, 15) is 4.79 Å². The van der Waals surface area contributed by atoms with Crippen LogP contribution in [0.15, 0.2) is 0 Å². The van der Waals surface area contributed by atoms with Crippen molar-refractivity contribution in [3.8, 4) is 0 Å². The van der Waals surface area contributed by atoms with Gasteiger partial charge in [0, 0.05) is 5.33 Å². The predicted molar refractivity (Wildman–Crippen MR) is 46.7 cm³/mol. The Bertz CT molecular complexity index is 136. The predicted octanol–water partition coefficient (Wildman–Crippen LogP) is 2.11. The Labute approximate surface area is 75.4 Å². The zero-order chi connectivity index (χ0) is 8.10. The van der Waals surface area contributed by atoms with Crippen LogP contribution in [0.5, 0.6) is 0 Å². The molecule has 0 radical (unpaired) electrons. The van der Waals surface area contributed by atoms with Crippen LogP contribution in [0.3, 0.4) is 0 Å². The van der Waals surface area contributed by atoms with Crippen LogP contribution in [0.25, 0.3) is 0 Å². The number of hydrogen-bond donors (Lipinski definition) is 0. The molecule has 0 bridgehead atoms. The van der Waals surface area contributed by atoms with E-state index in [2.05, 4.69) is 15.9 Å². The van der Waals surface area contributed by atoms with Crippen molar-refractivity contribution >= 4 is 21.9 Å². The second kappa shape index (κ2) is 4.75. The molecule has 1 fully saturated rings. The fourth-order valence-corrected chi connectivity index (χ4v) is 1.65. The summed E-state index contributed by atoms with van der Waals surface area (Å²) >= 11 is 3.34. The molecule has 0 amide bonds. The minimum absolute atomic E-state index is 0.0113. The number of ether oxygens (including phenoxy) is 1. The number of halogens is 1. The highest BCUT2D eigenvalue weighted by Crippen LogP contribution is 2.20. The number of esters is 1. The van der Waals surface area contributed by atoms with Gasteiger partial charge in [-0.25, -0.2) is 0 Å². The molecular formula is C8H13BrO2. The van der Waals surface area contributed by atoms with E-state index in [1.807, 2.05) is 0 Å². The van der Waals surface area contributed by atoms with Gasteiger partial charge in [-0.05, 0) is 25.7 Å². The summed E-state index contributed by atoms with van der Waals surface area (Å²) in [4.78, 5) is 11.1. The zero-order valence-corrected chi connectivity index (χ0v) is 8.10. The van der Waals surface area contributed by atoms with Crippen molar-refractivity contribution in [1.82, 2.24) is 0 Å². The first-order valence-corrected chi connectivity index (χ1v) is 5.19. The number of rotatable bonds is 3. The van der Waals surface area contributed by atoms with E-state index in [1.54, 1.807) is 0 Å². The lowest BCUT2D eigenvalue weighted by molar-refractivity contribution is -0.153. The molecule has 1 saturated heterocycles. The summed E-state index contributed by atoms with van der Waals surface area (Å²) in [5, 5.41) is 0.983. The van der Waals surface area contributed by atoms with Crippen LogP contribution in [-0.2, 0) is 9.53 Å². The number of carbonyl (C=O) groups excluding carboxylic acids is 1. The molecule has 1 rings (SSSR count). The van der Waals surface area contributed by atoms with Crippen LogP contribution in [0, 0.1) is 5.92 Å². The standard InChI is InChI=1S/C8H13BrO2/c9-5-1-3-7-4-2-6-11-8(7)10/h7H,1-6H2. The maximum absolute atomic E-state index is 11.1. The Balaban J connectivity index is 2.24. The molecule has 1 aliphatic heterocycles. The van der Waals surface area contributed by atoms with Gasteiger partial charge in [0.25, 0.3) is 0 Å². The normalized spacial score (nSPS) is 24.8. The Kier molecular flexibility index (Phi) is 3.91. The molecule has 0 aromatic carbocycles. The van der Waals surface area contributed by atoms with Crippen LogP contribution in [0.2, 0.25) is 0 Å². The molecular weight excluding hydrogens is 208 g/mol. The average Bonchev–Trinajstić information content (AvgIpc) is 2.03. The molecule has 0 N–H and O–H groups in total. The number of cyclic esters (lactones) is 1. The molecule has 0 spiro atoms. The molecule has 0 aliphatic carbocycles. The molecule has 1 unspecified atom stereocenters. The maximum atomic E-state index is 11.1. The smallest absolute Gasteiger partial charge is 0.308 e. The summed E-state index contributed by atoms with van der Waals surface area (Å²) in [6.45, 7) is 0.629. The van der Waals surface area contributed by atoms with E-state index in [-0.39, 0.29) is 11.9 Å². The van der Waals surface area contributed by atoms with Crippen LogP contribution >= 0.6 is 15.9 Å². The number of hydrogen-bond acceptors (Lipinski definition) is 2. The third-order valence-electron chi connectivity index (χ3n) is 1.96. The first-order valence-electron chi connectivity index (χ1n) is 4.07. The zero-order valence-electron chi connectivity index (χ0n) is 6.51. The van der Waals surface area contributed by atoms with E-state index in [0.29, 0.717) is 6.61 Å². The molecule has 0 saturated carbocycles. The van der Waals surface area contributed by atoms with E-state index in [4.69, 9.17) is 4.74 Å².